The molecule has 0 spiro atoms. The van der Waals surface area contributed by atoms with Crippen LogP contribution < -0.4 is 29.9 Å². The van der Waals surface area contributed by atoms with Crippen LogP contribution in [0.2, 0.25) is 10.0 Å². The van der Waals surface area contributed by atoms with E-state index < -0.39 is 6.03 Å². The van der Waals surface area contributed by atoms with Gasteiger partial charge >= 0.3 is 6.03 Å². The van der Waals surface area contributed by atoms with Gasteiger partial charge < -0.3 is 25.0 Å². The van der Waals surface area contributed by atoms with E-state index in [1.807, 2.05) is 0 Å². The first-order valence-electron chi connectivity index (χ1n) is 15.2. The molecule has 0 atom stereocenters. The maximum absolute atomic E-state index is 14.4. The third-order valence-corrected chi connectivity index (χ3v) is 8.77. The van der Waals surface area contributed by atoms with Crippen LogP contribution in [0.15, 0.2) is 61.8 Å². The highest BCUT2D eigenvalue weighted by Crippen LogP contribution is 2.48. The van der Waals surface area contributed by atoms with Gasteiger partial charge in [0.25, 0.3) is 0 Å². The van der Waals surface area contributed by atoms with Crippen molar-refractivity contribution in [2.24, 2.45) is 0 Å². The summed E-state index contributed by atoms with van der Waals surface area (Å²) >= 11 is 13.5. The minimum atomic E-state index is -0.397. The molecule has 0 bridgehead atoms. The highest BCUT2D eigenvalue weighted by Gasteiger charge is 2.36. The molecule has 2 N–H and O–H groups in total. The number of carbonyl (C=O) groups is 3. The van der Waals surface area contributed by atoms with Gasteiger partial charge in [-0.25, -0.2) is 9.78 Å². The molecule has 48 heavy (non-hydrogen) atoms. The van der Waals surface area contributed by atoms with Gasteiger partial charge in [-0.2, -0.15) is 4.98 Å². The van der Waals surface area contributed by atoms with Crippen LogP contribution >= 0.6 is 23.2 Å². The number of anilines is 5. The molecule has 1 saturated heterocycles. The normalized spacial score (nSPS) is 14.7. The van der Waals surface area contributed by atoms with Crippen LogP contribution in [0.5, 0.6) is 11.5 Å². The molecule has 3 heterocycles. The number of methoxy groups -OCH3 is 2. The summed E-state index contributed by atoms with van der Waals surface area (Å²) < 4.78 is 10.9. The van der Waals surface area contributed by atoms with Crippen molar-refractivity contribution < 1.29 is 23.9 Å². The fourth-order valence-electron chi connectivity index (χ4n) is 5.54. The molecule has 0 saturated carbocycles. The number of carbonyl (C=O) groups excluding carboxylic acids is 3. The molecular formula is C33H36Cl2N8O5. The summed E-state index contributed by atoms with van der Waals surface area (Å²) in [5.74, 6) is 0.793. The quantitative estimate of drug-likeness (QED) is 0.241. The number of hydrogen-bond donors (Lipinski definition) is 2. The summed E-state index contributed by atoms with van der Waals surface area (Å²) in [5, 5.41) is 6.23. The molecule has 4 amide bonds. The Morgan fingerprint density at radius 3 is 2.27 bits per heavy atom. The van der Waals surface area contributed by atoms with Gasteiger partial charge in [-0.05, 0) is 37.3 Å². The predicted octanol–water partition coefficient (Wildman–Crippen LogP) is 5.34. The first-order valence-corrected chi connectivity index (χ1v) is 15.9. The number of nitrogens with one attached hydrogen (secondary N) is 2. The largest absolute Gasteiger partial charge is 0.495 e. The molecule has 2 aliphatic heterocycles. The summed E-state index contributed by atoms with van der Waals surface area (Å²) in [6, 6.07) is 8.26. The smallest absolute Gasteiger partial charge is 0.330 e. The lowest BCUT2D eigenvalue weighted by molar-refractivity contribution is -0.127. The van der Waals surface area contributed by atoms with E-state index in [1.54, 1.807) is 46.3 Å². The molecule has 3 aromatic rings. The molecule has 15 heteroatoms. The van der Waals surface area contributed by atoms with Gasteiger partial charge in [0, 0.05) is 50.6 Å². The summed E-state index contributed by atoms with van der Waals surface area (Å²) in [5.41, 5.74) is 1.96. The zero-order chi connectivity index (χ0) is 34.4. The number of fused-ring (bicyclic) bond motifs is 1. The van der Waals surface area contributed by atoms with Crippen LogP contribution in [-0.4, -0.2) is 91.1 Å². The number of para-hydroxylation sites is 2. The lowest BCUT2D eigenvalue weighted by Gasteiger charge is -2.38. The van der Waals surface area contributed by atoms with Crippen LogP contribution in [0.25, 0.3) is 0 Å². The summed E-state index contributed by atoms with van der Waals surface area (Å²) in [4.78, 5) is 54.7. The Balaban J connectivity index is 1.45. The molecule has 13 nitrogen and oxygen atoms in total. The first kappa shape index (κ1) is 34.5. The van der Waals surface area contributed by atoms with E-state index in [0.29, 0.717) is 79.9 Å². The van der Waals surface area contributed by atoms with Crippen molar-refractivity contribution in [1.82, 2.24) is 19.8 Å². The predicted molar refractivity (Wildman–Crippen MR) is 187 cm³/mol. The molecule has 1 aromatic heterocycles. The second kappa shape index (κ2) is 15.4. The van der Waals surface area contributed by atoms with E-state index in [-0.39, 0.29) is 40.0 Å². The Labute approximate surface area is 288 Å². The lowest BCUT2D eigenvalue weighted by atomic mass is 10.1. The molecule has 252 valence electrons. The van der Waals surface area contributed by atoms with E-state index >= 15 is 0 Å². The molecule has 2 aromatic carbocycles. The average molecular weight is 696 g/mol. The van der Waals surface area contributed by atoms with Gasteiger partial charge in [0.2, 0.25) is 17.8 Å². The second-order valence-electron chi connectivity index (χ2n) is 10.9. The molecule has 2 aliphatic rings. The zero-order valence-corrected chi connectivity index (χ0v) is 28.2. The minimum Gasteiger partial charge on any atom is -0.495 e. The molecule has 0 radical (unpaired) electrons. The summed E-state index contributed by atoms with van der Waals surface area (Å²) in [6.45, 7) is 10.8. The number of nitrogens with zero attached hydrogens (tertiary/aromatic N) is 6. The lowest BCUT2D eigenvalue weighted by Crippen LogP contribution is -2.50. The van der Waals surface area contributed by atoms with Gasteiger partial charge in [0.05, 0.1) is 37.8 Å². The van der Waals surface area contributed by atoms with Crippen LogP contribution in [0.1, 0.15) is 12.0 Å². The van der Waals surface area contributed by atoms with Gasteiger partial charge in [-0.3, -0.25) is 24.3 Å². The monoisotopic (exact) mass is 694 g/mol. The Bertz CT molecular complexity index is 1700. The minimum absolute atomic E-state index is 0.0754. The molecule has 1 fully saturated rings. The van der Waals surface area contributed by atoms with Crippen molar-refractivity contribution in [3.05, 3.63) is 77.4 Å². The van der Waals surface area contributed by atoms with Gasteiger partial charge in [-0.1, -0.05) is 48.5 Å². The number of benzene rings is 2. The van der Waals surface area contributed by atoms with Gasteiger partial charge in [0.1, 0.15) is 27.4 Å². The first-order chi connectivity index (χ1) is 23.2. The van der Waals surface area contributed by atoms with E-state index in [2.05, 4.69) is 33.7 Å². The SMILES string of the molecule is C=CC(=O)Nc1ccccc1Nc1ncc2c(n1)N(CCCN1CCN(C(=O)C=C)CC1)C(=O)N(c1c(Cl)c(OC)cc(OC)c1Cl)C2. The third-order valence-electron chi connectivity index (χ3n) is 8.04. The summed E-state index contributed by atoms with van der Waals surface area (Å²) in [6.07, 6.45) is 4.76. The maximum atomic E-state index is 14.4. The number of rotatable bonds is 12. The third kappa shape index (κ3) is 7.33. The highest BCUT2D eigenvalue weighted by atomic mass is 35.5. The van der Waals surface area contributed by atoms with Crippen molar-refractivity contribution in [2.45, 2.75) is 13.0 Å². The Kier molecular flexibility index (Phi) is 11.0. The standard InChI is InChI=1S/C33H36Cl2N8O5/c1-5-26(44)37-22-10-7-8-11-23(22)38-32-36-19-21-20-43(30-28(34)24(47-3)18-25(48-4)29(30)35)33(46)42(31(21)39-32)13-9-12-40-14-16-41(17-15-40)27(45)6-2/h5-8,10-11,18-19H,1-2,9,12-17,20H2,3-4H3,(H,37,44)(H,36,38,39). The number of hydrogen-bond acceptors (Lipinski definition) is 9. The van der Waals surface area contributed by atoms with Crippen molar-refractivity contribution in [3.8, 4) is 11.5 Å². The molecule has 5 rings (SSSR count). The highest BCUT2D eigenvalue weighted by molar-refractivity contribution is 6.42. The van der Waals surface area contributed by atoms with E-state index in [0.717, 1.165) is 0 Å². The second-order valence-corrected chi connectivity index (χ2v) is 11.7. The Hall–Kier alpha value is -4.85. The molecular weight excluding hydrogens is 659 g/mol. The van der Waals surface area contributed by atoms with Crippen LogP contribution in [0, 0.1) is 0 Å². The van der Waals surface area contributed by atoms with Crippen LogP contribution in [0.4, 0.5) is 33.6 Å². The van der Waals surface area contributed by atoms with Gasteiger partial charge in [-0.15, -0.1) is 0 Å². The van der Waals surface area contributed by atoms with E-state index in [9.17, 15) is 14.4 Å². The number of ether oxygens (including phenoxy) is 2. The number of aromatic nitrogens is 2. The Morgan fingerprint density at radius 1 is 0.979 bits per heavy atom. The fraction of sp³-hybridized carbons (Fsp3) is 0.303. The van der Waals surface area contributed by atoms with Crippen molar-refractivity contribution in [2.75, 3.05) is 73.9 Å². The fourth-order valence-corrected chi connectivity index (χ4v) is 6.25. The van der Waals surface area contributed by atoms with E-state index in [4.69, 9.17) is 37.7 Å². The molecule has 0 unspecified atom stereocenters. The maximum Gasteiger partial charge on any atom is 0.330 e. The van der Waals surface area contributed by atoms with Crippen molar-refractivity contribution in [1.29, 1.82) is 0 Å². The van der Waals surface area contributed by atoms with E-state index in [1.165, 1.54) is 31.3 Å². The van der Waals surface area contributed by atoms with Crippen molar-refractivity contribution in [3.63, 3.8) is 0 Å². The number of amides is 4. The van der Waals surface area contributed by atoms with Crippen LogP contribution in [-0.2, 0) is 16.1 Å². The average Bonchev–Trinajstić information content (AvgIpc) is 3.10. The van der Waals surface area contributed by atoms with Crippen LogP contribution in [0.3, 0.4) is 0 Å². The van der Waals surface area contributed by atoms with Gasteiger partial charge in [0.15, 0.2) is 0 Å². The molecule has 0 aliphatic carbocycles. The Morgan fingerprint density at radius 2 is 1.65 bits per heavy atom. The number of halogens is 2. The number of urea groups is 1. The zero-order valence-electron chi connectivity index (χ0n) is 26.7. The van der Waals surface area contributed by atoms with Crippen molar-refractivity contribution >= 4 is 69.9 Å². The number of piperazine rings is 1. The summed E-state index contributed by atoms with van der Waals surface area (Å²) in [7, 11) is 2.93. The topological polar surface area (TPSA) is 132 Å².